The molecule has 1 aromatic carbocycles. The molecule has 0 spiro atoms. The van der Waals surface area contributed by atoms with Crippen molar-refractivity contribution in [3.05, 3.63) is 28.6 Å². The molecule has 0 aromatic heterocycles. The molecule has 0 amide bonds. The monoisotopic (exact) mass is 181 g/mol. The highest BCUT2D eigenvalue weighted by Gasteiger charge is 2.06. The Balaban J connectivity index is 2.67. The van der Waals surface area contributed by atoms with Gasteiger partial charge in [-0.3, -0.25) is 0 Å². The molecule has 1 nitrogen and oxygen atoms in total. The summed E-state index contributed by atoms with van der Waals surface area (Å²) in [4.78, 5) is 5.06. The van der Waals surface area contributed by atoms with Crippen LogP contribution in [0.2, 0.25) is 5.02 Å². The van der Waals surface area contributed by atoms with Crippen molar-refractivity contribution in [2.45, 2.75) is 4.90 Å². The van der Waals surface area contributed by atoms with Crippen molar-refractivity contribution in [3.63, 3.8) is 0 Å². The predicted octanol–water partition coefficient (Wildman–Crippen LogP) is 3.26. The first-order valence-electron chi connectivity index (χ1n) is 3.11. The Morgan fingerprint density at radius 1 is 1.45 bits per heavy atom. The normalized spacial score (nSPS) is 13.2. The van der Waals surface area contributed by atoms with Crippen LogP contribution in [0.15, 0.2) is 33.5 Å². The quantitative estimate of drug-likeness (QED) is 0.599. The van der Waals surface area contributed by atoms with E-state index in [9.17, 15) is 0 Å². The molecule has 0 saturated carbocycles. The zero-order valence-corrected chi connectivity index (χ0v) is 7.12. The molecule has 0 saturated heterocycles. The fourth-order valence-corrected chi connectivity index (χ4v) is 1.82. The highest BCUT2D eigenvalue weighted by atomic mass is 35.5. The first kappa shape index (κ1) is 6.99. The summed E-state index contributed by atoms with van der Waals surface area (Å²) in [6.45, 7) is 0. The second kappa shape index (κ2) is 2.74. The number of fused-ring (bicyclic) bond motifs is 1. The average Bonchev–Trinajstić information content (AvgIpc) is 2.06. The Morgan fingerprint density at radius 2 is 2.36 bits per heavy atom. The number of hydrogen-bond donors (Lipinski definition) is 0. The Kier molecular flexibility index (Phi) is 1.74. The lowest BCUT2D eigenvalue weighted by Gasteiger charge is -2.04. The van der Waals surface area contributed by atoms with Gasteiger partial charge in [-0.2, -0.15) is 0 Å². The van der Waals surface area contributed by atoms with E-state index >= 15 is 0 Å². The lowest BCUT2D eigenvalue weighted by Crippen LogP contribution is -1.77. The first-order valence-corrected chi connectivity index (χ1v) is 4.37. The number of thioether (sulfide) groups is 1. The number of halogens is 1. The lowest BCUT2D eigenvalue weighted by atomic mass is 10.3. The molecule has 0 fully saturated rings. The summed E-state index contributed by atoms with van der Waals surface area (Å²) in [5.41, 5.74) is 0.907. The molecule has 0 aliphatic carbocycles. The van der Waals surface area contributed by atoms with Crippen molar-refractivity contribution in [2.75, 3.05) is 0 Å². The minimum absolute atomic E-state index is 0.758. The Bertz CT molecular complexity index is 353. The van der Waals surface area contributed by atoms with Crippen molar-refractivity contribution in [1.82, 2.24) is 0 Å². The maximum Gasteiger partial charge on any atom is 0.0884 e. The molecule has 11 heavy (non-hydrogen) atoms. The van der Waals surface area contributed by atoms with Gasteiger partial charge in [-0.05, 0) is 18.0 Å². The van der Waals surface area contributed by atoms with Crippen molar-refractivity contribution in [3.8, 4) is 0 Å². The van der Waals surface area contributed by atoms with Crippen LogP contribution in [0.25, 0.3) is 0 Å². The van der Waals surface area contributed by atoms with Crippen LogP contribution < -0.4 is 0 Å². The molecular weight excluding hydrogens is 178 g/mol. The maximum atomic E-state index is 5.91. The minimum Gasteiger partial charge on any atom is -0.205 e. The van der Waals surface area contributed by atoms with Crippen molar-refractivity contribution >= 4 is 34.9 Å². The third-order valence-electron chi connectivity index (χ3n) is 1.36. The highest BCUT2D eigenvalue weighted by Crippen LogP contribution is 2.37. The van der Waals surface area contributed by atoms with E-state index in [1.54, 1.807) is 17.2 Å². The Labute approximate surface area is 73.8 Å². The summed E-state index contributed by atoms with van der Waals surface area (Å²) in [7, 11) is 0. The van der Waals surface area contributed by atoms with E-state index in [1.165, 1.54) is 0 Å². The van der Waals surface area contributed by atoms with Gasteiger partial charge in [-0.15, -0.1) is 0 Å². The van der Waals surface area contributed by atoms with E-state index in [1.807, 2.05) is 18.2 Å². The Morgan fingerprint density at radius 3 is 3.18 bits per heavy atom. The summed E-state index contributed by atoms with van der Waals surface area (Å²) in [6.07, 6.45) is 0. The van der Waals surface area contributed by atoms with Gasteiger partial charge in [-0.1, -0.05) is 29.4 Å². The summed E-state index contributed by atoms with van der Waals surface area (Å²) < 4.78 is 0. The maximum absolute atomic E-state index is 5.91. The molecule has 1 aliphatic heterocycles. The van der Waals surface area contributed by atoms with E-state index in [-0.39, 0.29) is 0 Å². The molecule has 1 aromatic rings. The van der Waals surface area contributed by atoms with Gasteiger partial charge in [0.15, 0.2) is 0 Å². The molecular formula is C8H4ClNS. The molecule has 0 N–H and O–H groups in total. The lowest BCUT2D eigenvalue weighted by molar-refractivity contribution is 1.38. The van der Waals surface area contributed by atoms with E-state index in [2.05, 4.69) is 10.9 Å². The average molecular weight is 182 g/mol. The predicted molar refractivity (Wildman–Crippen MR) is 49.0 cm³/mol. The number of nitrogens with zero attached hydrogens (tertiary/aromatic N) is 1. The molecule has 3 heteroatoms. The smallest absolute Gasteiger partial charge is 0.0884 e. The third-order valence-corrected chi connectivity index (χ3v) is 2.68. The van der Waals surface area contributed by atoms with Crippen LogP contribution in [0, 0.1) is 0 Å². The number of benzene rings is 1. The van der Waals surface area contributed by atoms with Crippen LogP contribution in [0.5, 0.6) is 0 Å². The minimum atomic E-state index is 0.758. The second-order valence-corrected chi connectivity index (χ2v) is 3.35. The molecule has 0 atom stereocenters. The standard InChI is InChI=1S/C8H4ClNS/c9-6-2-1-3-7-8(6)11-5-4-10-7/h1-3,5H. The van der Waals surface area contributed by atoms with Crippen LogP contribution in [0.3, 0.4) is 0 Å². The summed E-state index contributed by atoms with van der Waals surface area (Å²) >= 11 is 7.47. The van der Waals surface area contributed by atoms with E-state index < -0.39 is 0 Å². The summed E-state index contributed by atoms with van der Waals surface area (Å²) in [5, 5.41) is 2.56. The van der Waals surface area contributed by atoms with Crippen molar-refractivity contribution in [2.24, 2.45) is 4.99 Å². The zero-order chi connectivity index (χ0) is 7.68. The third kappa shape index (κ3) is 1.21. The second-order valence-electron chi connectivity index (χ2n) is 2.06. The highest BCUT2D eigenvalue weighted by molar-refractivity contribution is 8.02. The largest absolute Gasteiger partial charge is 0.205 e. The van der Waals surface area contributed by atoms with E-state index in [0.29, 0.717) is 0 Å². The SMILES string of the molecule is Clc1cccc2c1SC=C=N2. The molecule has 0 radical (unpaired) electrons. The Hall–Kier alpha value is -0.690. The van der Waals surface area contributed by atoms with Gasteiger partial charge in [0, 0.05) is 5.41 Å². The van der Waals surface area contributed by atoms with Crippen LogP contribution >= 0.6 is 23.4 Å². The van der Waals surface area contributed by atoms with Crippen molar-refractivity contribution < 1.29 is 0 Å². The van der Waals surface area contributed by atoms with Crippen molar-refractivity contribution in [1.29, 1.82) is 0 Å². The fraction of sp³-hybridized carbons (Fsp3) is 0. The number of aliphatic imine (C=N–C) groups is 1. The zero-order valence-electron chi connectivity index (χ0n) is 5.54. The summed E-state index contributed by atoms with van der Waals surface area (Å²) in [6, 6.07) is 5.68. The molecule has 2 rings (SSSR count). The molecule has 1 heterocycles. The van der Waals surface area contributed by atoms with Gasteiger partial charge >= 0.3 is 0 Å². The molecule has 0 unspecified atom stereocenters. The van der Waals surface area contributed by atoms with Gasteiger partial charge < -0.3 is 0 Å². The van der Waals surface area contributed by atoms with Gasteiger partial charge in [0.2, 0.25) is 0 Å². The number of hydrogen-bond acceptors (Lipinski definition) is 2. The molecule has 1 aliphatic rings. The van der Waals surface area contributed by atoms with Gasteiger partial charge in [0.25, 0.3) is 0 Å². The van der Waals surface area contributed by atoms with Crippen LogP contribution in [-0.4, -0.2) is 5.87 Å². The van der Waals surface area contributed by atoms with Crippen LogP contribution in [-0.2, 0) is 0 Å². The van der Waals surface area contributed by atoms with Crippen LogP contribution in [0.4, 0.5) is 5.69 Å². The number of rotatable bonds is 0. The summed E-state index contributed by atoms with van der Waals surface area (Å²) in [5.74, 6) is 2.77. The fourth-order valence-electron chi connectivity index (χ4n) is 0.883. The van der Waals surface area contributed by atoms with Gasteiger partial charge in [-0.25, -0.2) is 4.99 Å². The van der Waals surface area contributed by atoms with Gasteiger partial charge in [0.05, 0.1) is 15.6 Å². The van der Waals surface area contributed by atoms with Gasteiger partial charge in [0.1, 0.15) is 0 Å². The molecule has 54 valence electrons. The van der Waals surface area contributed by atoms with E-state index in [0.717, 1.165) is 15.6 Å². The van der Waals surface area contributed by atoms with E-state index in [4.69, 9.17) is 11.6 Å². The molecule has 0 bridgehead atoms. The first-order chi connectivity index (χ1) is 5.38. The van der Waals surface area contributed by atoms with Crippen LogP contribution in [0.1, 0.15) is 0 Å². The topological polar surface area (TPSA) is 12.4 Å².